The van der Waals surface area contributed by atoms with E-state index in [0.717, 1.165) is 19.3 Å². The van der Waals surface area contributed by atoms with Gasteiger partial charge in [0.15, 0.2) is 0 Å². The number of rotatable bonds is 2. The molecule has 0 aliphatic heterocycles. The standard InChI is InChI=1S/C9H14F3NO2/c10-9(11,12)7(15)13-8(6-14)4-2-1-3-5-8/h14H,1-6H2,(H,13,15). The number of carbonyl (C=O) groups excluding carboxylic acids is 1. The molecule has 1 amide bonds. The molecule has 2 N–H and O–H groups in total. The van der Waals surface area contributed by atoms with Crippen molar-refractivity contribution < 1.29 is 23.1 Å². The van der Waals surface area contributed by atoms with Gasteiger partial charge in [0.25, 0.3) is 0 Å². The Bertz CT molecular complexity index is 234. The zero-order valence-corrected chi connectivity index (χ0v) is 8.23. The van der Waals surface area contributed by atoms with Gasteiger partial charge in [-0.15, -0.1) is 0 Å². The summed E-state index contributed by atoms with van der Waals surface area (Å²) in [5.74, 6) is -1.96. The van der Waals surface area contributed by atoms with E-state index in [1.54, 1.807) is 0 Å². The molecule has 0 radical (unpaired) electrons. The van der Waals surface area contributed by atoms with Crippen molar-refractivity contribution in [3.63, 3.8) is 0 Å². The van der Waals surface area contributed by atoms with Gasteiger partial charge in [0.1, 0.15) is 0 Å². The highest BCUT2D eigenvalue weighted by Crippen LogP contribution is 2.29. The van der Waals surface area contributed by atoms with Crippen LogP contribution in [0.4, 0.5) is 13.2 Å². The fraction of sp³-hybridized carbons (Fsp3) is 0.889. The highest BCUT2D eigenvalue weighted by atomic mass is 19.4. The van der Waals surface area contributed by atoms with Gasteiger partial charge in [0.05, 0.1) is 12.1 Å². The van der Waals surface area contributed by atoms with E-state index in [-0.39, 0.29) is 0 Å². The highest BCUT2D eigenvalue weighted by Gasteiger charge is 2.44. The van der Waals surface area contributed by atoms with Crippen LogP contribution in [0.25, 0.3) is 0 Å². The summed E-state index contributed by atoms with van der Waals surface area (Å²) >= 11 is 0. The summed E-state index contributed by atoms with van der Waals surface area (Å²) in [6, 6.07) is 0. The minimum atomic E-state index is -4.88. The van der Waals surface area contributed by atoms with Crippen molar-refractivity contribution in [3.8, 4) is 0 Å². The second-order valence-electron chi connectivity index (χ2n) is 3.95. The van der Waals surface area contributed by atoms with Crippen molar-refractivity contribution >= 4 is 5.91 Å². The maximum Gasteiger partial charge on any atom is 0.471 e. The van der Waals surface area contributed by atoms with Crippen LogP contribution in [0, 0.1) is 0 Å². The summed E-state index contributed by atoms with van der Waals surface area (Å²) in [6.45, 7) is -0.436. The van der Waals surface area contributed by atoms with E-state index in [2.05, 4.69) is 0 Å². The number of hydrogen-bond donors (Lipinski definition) is 2. The zero-order chi connectivity index (χ0) is 11.5. The molecule has 0 heterocycles. The fourth-order valence-corrected chi connectivity index (χ4v) is 1.86. The van der Waals surface area contributed by atoms with Gasteiger partial charge in [-0.2, -0.15) is 13.2 Å². The lowest BCUT2D eigenvalue weighted by Gasteiger charge is -2.36. The van der Waals surface area contributed by atoms with Gasteiger partial charge in [-0.1, -0.05) is 19.3 Å². The molecule has 3 nitrogen and oxygen atoms in total. The first kappa shape index (κ1) is 12.3. The molecule has 1 saturated carbocycles. The molecule has 6 heteroatoms. The van der Waals surface area contributed by atoms with Gasteiger partial charge >= 0.3 is 12.1 Å². The monoisotopic (exact) mass is 225 g/mol. The third kappa shape index (κ3) is 3.09. The van der Waals surface area contributed by atoms with Crippen LogP contribution in [-0.2, 0) is 4.79 Å². The molecule has 1 rings (SSSR count). The summed E-state index contributed by atoms with van der Waals surface area (Å²) < 4.78 is 36.1. The Morgan fingerprint density at radius 2 is 1.80 bits per heavy atom. The summed E-state index contributed by atoms with van der Waals surface area (Å²) in [6.07, 6.45) is -1.66. The van der Waals surface area contributed by atoms with Gasteiger partial charge in [-0.05, 0) is 12.8 Å². The van der Waals surface area contributed by atoms with Gasteiger partial charge in [0, 0.05) is 0 Å². The molecule has 0 bridgehead atoms. The SMILES string of the molecule is O=C(NC1(CO)CCCCC1)C(F)(F)F. The minimum absolute atomic E-state index is 0.408. The summed E-state index contributed by atoms with van der Waals surface area (Å²) in [4.78, 5) is 10.7. The summed E-state index contributed by atoms with van der Waals surface area (Å²) in [7, 11) is 0. The molecule has 1 aliphatic carbocycles. The number of hydrogen-bond acceptors (Lipinski definition) is 2. The van der Waals surface area contributed by atoms with Crippen LogP contribution in [0.2, 0.25) is 0 Å². The number of aliphatic hydroxyl groups is 1. The lowest BCUT2D eigenvalue weighted by Crippen LogP contribution is -2.56. The Morgan fingerprint density at radius 1 is 1.27 bits per heavy atom. The van der Waals surface area contributed by atoms with Crippen molar-refractivity contribution in [2.75, 3.05) is 6.61 Å². The topological polar surface area (TPSA) is 49.3 Å². The van der Waals surface area contributed by atoms with Gasteiger partial charge in [-0.25, -0.2) is 0 Å². The van der Waals surface area contributed by atoms with Crippen LogP contribution >= 0.6 is 0 Å². The first-order valence-corrected chi connectivity index (χ1v) is 4.90. The van der Waals surface area contributed by atoms with Crippen molar-refractivity contribution in [3.05, 3.63) is 0 Å². The predicted octanol–water partition coefficient (Wildman–Crippen LogP) is 1.36. The molecule has 0 aromatic carbocycles. The lowest BCUT2D eigenvalue weighted by atomic mass is 9.82. The maximum absolute atomic E-state index is 12.0. The van der Waals surface area contributed by atoms with E-state index in [1.807, 2.05) is 5.32 Å². The second-order valence-corrected chi connectivity index (χ2v) is 3.95. The molecule has 1 aliphatic rings. The molecule has 0 saturated heterocycles. The Hall–Kier alpha value is -0.780. The molecule has 0 aromatic heterocycles. The number of alkyl halides is 3. The number of amides is 1. The van der Waals surface area contributed by atoms with Crippen molar-refractivity contribution in [2.45, 2.75) is 43.8 Å². The molecule has 88 valence electrons. The molecule has 1 fully saturated rings. The third-order valence-corrected chi connectivity index (χ3v) is 2.75. The van der Waals surface area contributed by atoms with E-state index in [4.69, 9.17) is 5.11 Å². The first-order valence-electron chi connectivity index (χ1n) is 4.90. The average molecular weight is 225 g/mol. The smallest absolute Gasteiger partial charge is 0.394 e. The average Bonchev–Trinajstić information content (AvgIpc) is 2.18. The fourth-order valence-electron chi connectivity index (χ4n) is 1.86. The van der Waals surface area contributed by atoms with Crippen molar-refractivity contribution in [2.24, 2.45) is 0 Å². The maximum atomic E-state index is 12.0. The largest absolute Gasteiger partial charge is 0.471 e. The minimum Gasteiger partial charge on any atom is -0.394 e. The van der Waals surface area contributed by atoms with Gasteiger partial charge in [0.2, 0.25) is 0 Å². The van der Waals surface area contributed by atoms with E-state index in [0.29, 0.717) is 12.8 Å². The number of carbonyl (C=O) groups is 1. The number of halogens is 3. The Balaban J connectivity index is 2.63. The molecule has 0 spiro atoms. The second kappa shape index (κ2) is 4.38. The third-order valence-electron chi connectivity index (χ3n) is 2.75. The molecule has 15 heavy (non-hydrogen) atoms. The first-order chi connectivity index (χ1) is 6.90. The zero-order valence-electron chi connectivity index (χ0n) is 8.23. The molecule has 0 aromatic rings. The lowest BCUT2D eigenvalue weighted by molar-refractivity contribution is -0.176. The van der Waals surface area contributed by atoms with Crippen LogP contribution in [0.15, 0.2) is 0 Å². The molecular weight excluding hydrogens is 211 g/mol. The van der Waals surface area contributed by atoms with E-state index in [9.17, 15) is 18.0 Å². The van der Waals surface area contributed by atoms with Gasteiger partial charge < -0.3 is 10.4 Å². The van der Waals surface area contributed by atoms with Crippen LogP contribution in [0.3, 0.4) is 0 Å². The predicted molar refractivity (Wildman–Crippen MR) is 47.1 cm³/mol. The number of aliphatic hydroxyl groups excluding tert-OH is 1. The van der Waals surface area contributed by atoms with Gasteiger partial charge in [-0.3, -0.25) is 4.79 Å². The molecular formula is C9H14F3NO2. The van der Waals surface area contributed by atoms with Crippen LogP contribution < -0.4 is 5.32 Å². The number of nitrogens with one attached hydrogen (secondary N) is 1. The summed E-state index contributed by atoms with van der Waals surface area (Å²) in [5, 5.41) is 11.0. The van der Waals surface area contributed by atoms with E-state index < -0.39 is 24.2 Å². The molecule has 0 unspecified atom stereocenters. The van der Waals surface area contributed by atoms with Crippen LogP contribution in [0.5, 0.6) is 0 Å². The van der Waals surface area contributed by atoms with E-state index in [1.165, 1.54) is 0 Å². The summed E-state index contributed by atoms with van der Waals surface area (Å²) in [5.41, 5.74) is -1.06. The van der Waals surface area contributed by atoms with Crippen LogP contribution in [-0.4, -0.2) is 29.3 Å². The Labute approximate surface area is 85.7 Å². The van der Waals surface area contributed by atoms with E-state index >= 15 is 0 Å². The van der Waals surface area contributed by atoms with Crippen molar-refractivity contribution in [1.29, 1.82) is 0 Å². The quantitative estimate of drug-likeness (QED) is 0.745. The Morgan fingerprint density at radius 3 is 2.20 bits per heavy atom. The normalized spacial score (nSPS) is 21.1. The Kier molecular flexibility index (Phi) is 3.59. The van der Waals surface area contributed by atoms with Crippen molar-refractivity contribution in [1.82, 2.24) is 5.32 Å². The highest BCUT2D eigenvalue weighted by molar-refractivity contribution is 5.82. The van der Waals surface area contributed by atoms with Crippen LogP contribution in [0.1, 0.15) is 32.1 Å². The molecule has 0 atom stereocenters.